The molecule has 0 spiro atoms. The van der Waals surface area contributed by atoms with Crippen molar-refractivity contribution in [3.05, 3.63) is 29.8 Å². The van der Waals surface area contributed by atoms with E-state index in [1.165, 1.54) is 0 Å². The van der Waals surface area contributed by atoms with E-state index < -0.39 is 6.10 Å². The Bertz CT molecular complexity index is 362. The molecule has 4 heteroatoms. The molecular formula is C12H18N2O2. The summed E-state index contributed by atoms with van der Waals surface area (Å²) in [6.45, 7) is 1.90. The zero-order valence-electron chi connectivity index (χ0n) is 9.90. The van der Waals surface area contributed by atoms with Gasteiger partial charge in [0, 0.05) is 26.3 Å². The largest absolute Gasteiger partial charge is 0.392 e. The average molecular weight is 222 g/mol. The molecule has 0 saturated carbocycles. The van der Waals surface area contributed by atoms with Crippen LogP contribution in [0.4, 0.5) is 5.69 Å². The lowest BCUT2D eigenvalue weighted by Gasteiger charge is -2.17. The van der Waals surface area contributed by atoms with Crippen molar-refractivity contribution in [1.29, 1.82) is 0 Å². The van der Waals surface area contributed by atoms with Crippen molar-refractivity contribution in [2.45, 2.75) is 13.0 Å². The SMILES string of the molecule is CC(O)CNC(=O)c1ccccc1N(C)C. The maximum absolute atomic E-state index is 11.8. The van der Waals surface area contributed by atoms with E-state index in [2.05, 4.69) is 5.32 Å². The Morgan fingerprint density at radius 1 is 1.44 bits per heavy atom. The molecular weight excluding hydrogens is 204 g/mol. The molecule has 0 bridgehead atoms. The molecule has 1 atom stereocenters. The summed E-state index contributed by atoms with van der Waals surface area (Å²) in [5.74, 6) is -0.162. The summed E-state index contributed by atoms with van der Waals surface area (Å²) in [5.41, 5.74) is 1.48. The van der Waals surface area contributed by atoms with Crippen LogP contribution in [0.3, 0.4) is 0 Å². The van der Waals surface area contributed by atoms with Gasteiger partial charge >= 0.3 is 0 Å². The number of nitrogens with zero attached hydrogens (tertiary/aromatic N) is 1. The van der Waals surface area contributed by atoms with Crippen LogP contribution in [-0.4, -0.2) is 37.8 Å². The van der Waals surface area contributed by atoms with Crippen LogP contribution in [0.5, 0.6) is 0 Å². The van der Waals surface area contributed by atoms with E-state index in [9.17, 15) is 4.79 Å². The minimum absolute atomic E-state index is 0.162. The van der Waals surface area contributed by atoms with Crippen LogP contribution in [-0.2, 0) is 0 Å². The summed E-state index contributed by atoms with van der Waals surface area (Å²) < 4.78 is 0. The summed E-state index contributed by atoms with van der Waals surface area (Å²) in [6, 6.07) is 7.37. The lowest BCUT2D eigenvalue weighted by atomic mass is 10.1. The molecule has 0 aromatic heterocycles. The molecule has 16 heavy (non-hydrogen) atoms. The van der Waals surface area contributed by atoms with Crippen molar-refractivity contribution in [3.8, 4) is 0 Å². The van der Waals surface area contributed by atoms with Gasteiger partial charge in [0.15, 0.2) is 0 Å². The number of hydrogen-bond acceptors (Lipinski definition) is 3. The second-order valence-corrected chi connectivity index (χ2v) is 3.97. The zero-order chi connectivity index (χ0) is 12.1. The van der Waals surface area contributed by atoms with Gasteiger partial charge in [-0.05, 0) is 19.1 Å². The van der Waals surface area contributed by atoms with Crippen LogP contribution in [0.1, 0.15) is 17.3 Å². The minimum atomic E-state index is -0.532. The molecule has 0 radical (unpaired) electrons. The molecule has 2 N–H and O–H groups in total. The number of aliphatic hydroxyl groups excluding tert-OH is 1. The van der Waals surface area contributed by atoms with Gasteiger partial charge < -0.3 is 15.3 Å². The van der Waals surface area contributed by atoms with E-state index in [-0.39, 0.29) is 12.5 Å². The molecule has 1 unspecified atom stereocenters. The van der Waals surface area contributed by atoms with Crippen LogP contribution in [0.25, 0.3) is 0 Å². The molecule has 1 aromatic rings. The third-order valence-electron chi connectivity index (χ3n) is 2.19. The van der Waals surface area contributed by atoms with E-state index in [0.29, 0.717) is 5.56 Å². The van der Waals surface area contributed by atoms with Gasteiger partial charge in [-0.3, -0.25) is 4.79 Å². The fourth-order valence-electron chi connectivity index (χ4n) is 1.39. The predicted molar refractivity (Wildman–Crippen MR) is 64.8 cm³/mol. The monoisotopic (exact) mass is 222 g/mol. The zero-order valence-corrected chi connectivity index (χ0v) is 9.90. The number of hydrogen-bond donors (Lipinski definition) is 2. The number of para-hydroxylation sites is 1. The van der Waals surface area contributed by atoms with Gasteiger partial charge in [0.25, 0.3) is 5.91 Å². The fourth-order valence-corrected chi connectivity index (χ4v) is 1.39. The molecule has 0 heterocycles. The lowest BCUT2D eigenvalue weighted by molar-refractivity contribution is 0.0924. The van der Waals surface area contributed by atoms with Crippen molar-refractivity contribution in [1.82, 2.24) is 5.32 Å². The normalized spacial score (nSPS) is 12.0. The van der Waals surface area contributed by atoms with E-state index >= 15 is 0 Å². The number of nitrogens with one attached hydrogen (secondary N) is 1. The quantitative estimate of drug-likeness (QED) is 0.794. The Morgan fingerprint density at radius 2 is 2.06 bits per heavy atom. The Balaban J connectivity index is 2.82. The molecule has 88 valence electrons. The van der Waals surface area contributed by atoms with Crippen LogP contribution in [0.15, 0.2) is 24.3 Å². The van der Waals surface area contributed by atoms with Crippen molar-refractivity contribution in [2.75, 3.05) is 25.5 Å². The second-order valence-electron chi connectivity index (χ2n) is 3.97. The topological polar surface area (TPSA) is 52.6 Å². The number of amides is 1. The molecule has 1 aromatic carbocycles. The number of rotatable bonds is 4. The van der Waals surface area contributed by atoms with Crippen LogP contribution < -0.4 is 10.2 Å². The van der Waals surface area contributed by atoms with E-state index in [1.54, 1.807) is 13.0 Å². The molecule has 0 aliphatic carbocycles. The third kappa shape index (κ3) is 3.24. The van der Waals surface area contributed by atoms with Gasteiger partial charge in [0.2, 0.25) is 0 Å². The first-order valence-electron chi connectivity index (χ1n) is 5.25. The maximum Gasteiger partial charge on any atom is 0.253 e. The highest BCUT2D eigenvalue weighted by Crippen LogP contribution is 2.17. The van der Waals surface area contributed by atoms with E-state index in [1.807, 2.05) is 37.2 Å². The van der Waals surface area contributed by atoms with Crippen LogP contribution in [0, 0.1) is 0 Å². The van der Waals surface area contributed by atoms with Gasteiger partial charge in [0.05, 0.1) is 11.7 Å². The molecule has 0 saturated heterocycles. The molecule has 1 rings (SSSR count). The van der Waals surface area contributed by atoms with Gasteiger partial charge in [-0.2, -0.15) is 0 Å². The number of aliphatic hydroxyl groups is 1. The lowest BCUT2D eigenvalue weighted by Crippen LogP contribution is -2.31. The first-order chi connectivity index (χ1) is 7.52. The maximum atomic E-state index is 11.8. The minimum Gasteiger partial charge on any atom is -0.392 e. The fraction of sp³-hybridized carbons (Fsp3) is 0.417. The van der Waals surface area contributed by atoms with Crippen LogP contribution >= 0.6 is 0 Å². The molecule has 4 nitrogen and oxygen atoms in total. The molecule has 0 aliphatic rings. The van der Waals surface area contributed by atoms with Crippen molar-refractivity contribution in [3.63, 3.8) is 0 Å². The number of benzene rings is 1. The van der Waals surface area contributed by atoms with Crippen molar-refractivity contribution < 1.29 is 9.90 Å². The Morgan fingerprint density at radius 3 is 2.62 bits per heavy atom. The van der Waals surface area contributed by atoms with E-state index in [0.717, 1.165) is 5.69 Å². The summed E-state index contributed by atoms with van der Waals surface area (Å²) in [4.78, 5) is 13.7. The standard InChI is InChI=1S/C12H18N2O2/c1-9(15)8-13-12(16)10-6-4-5-7-11(10)14(2)3/h4-7,9,15H,8H2,1-3H3,(H,13,16). The van der Waals surface area contributed by atoms with Crippen molar-refractivity contribution >= 4 is 11.6 Å². The van der Waals surface area contributed by atoms with Gasteiger partial charge in [-0.15, -0.1) is 0 Å². The second kappa shape index (κ2) is 5.51. The van der Waals surface area contributed by atoms with Crippen LogP contribution in [0.2, 0.25) is 0 Å². The first-order valence-corrected chi connectivity index (χ1v) is 5.25. The third-order valence-corrected chi connectivity index (χ3v) is 2.19. The van der Waals surface area contributed by atoms with Gasteiger partial charge in [0.1, 0.15) is 0 Å². The predicted octanol–water partition coefficient (Wildman–Crippen LogP) is 0.863. The highest BCUT2D eigenvalue weighted by Gasteiger charge is 2.11. The number of carbonyl (C=O) groups is 1. The summed E-state index contributed by atoms with van der Waals surface area (Å²) in [6.07, 6.45) is -0.532. The smallest absolute Gasteiger partial charge is 0.253 e. The summed E-state index contributed by atoms with van der Waals surface area (Å²) in [5, 5.41) is 11.8. The molecule has 0 aliphatic heterocycles. The Labute approximate surface area is 95.9 Å². The molecule has 1 amide bonds. The van der Waals surface area contributed by atoms with E-state index in [4.69, 9.17) is 5.11 Å². The number of carbonyl (C=O) groups excluding carboxylic acids is 1. The average Bonchev–Trinajstić information content (AvgIpc) is 2.25. The van der Waals surface area contributed by atoms with Gasteiger partial charge in [-0.1, -0.05) is 12.1 Å². The highest BCUT2D eigenvalue weighted by molar-refractivity contribution is 5.99. The Kier molecular flexibility index (Phi) is 4.31. The van der Waals surface area contributed by atoms with Gasteiger partial charge in [-0.25, -0.2) is 0 Å². The summed E-state index contributed by atoms with van der Waals surface area (Å²) in [7, 11) is 3.78. The highest BCUT2D eigenvalue weighted by atomic mass is 16.3. The Hall–Kier alpha value is -1.55. The van der Waals surface area contributed by atoms with Crippen molar-refractivity contribution in [2.24, 2.45) is 0 Å². The number of anilines is 1. The summed E-state index contributed by atoms with van der Waals surface area (Å²) >= 11 is 0. The molecule has 0 fully saturated rings. The first kappa shape index (κ1) is 12.5.